The summed E-state index contributed by atoms with van der Waals surface area (Å²) in [4.78, 5) is 3.42. The molecule has 0 aromatic carbocycles. The van der Waals surface area contributed by atoms with Gasteiger partial charge in [0.15, 0.2) is 0 Å². The smallest absolute Gasteiger partial charge is 0.248 e. The van der Waals surface area contributed by atoms with Gasteiger partial charge in [-0.2, -0.15) is 0 Å². The van der Waals surface area contributed by atoms with Crippen molar-refractivity contribution in [1.82, 2.24) is 4.98 Å². The normalized spacial score (nSPS) is 11.5. The molecule has 0 aliphatic rings. The molecule has 1 rings (SSSR count). The topological polar surface area (TPSA) is 19.7 Å². The zero-order chi connectivity index (χ0) is 17.5. The summed E-state index contributed by atoms with van der Waals surface area (Å²) < 4.78 is 2.43. The molecule has 1 N–H and O–H groups in total. The van der Waals surface area contributed by atoms with Gasteiger partial charge < -0.3 is 0 Å². The van der Waals surface area contributed by atoms with Crippen LogP contribution in [0.5, 0.6) is 0 Å². The molecule has 0 fully saturated rings. The van der Waals surface area contributed by atoms with Gasteiger partial charge in [0, 0.05) is 6.42 Å². The van der Waals surface area contributed by atoms with E-state index in [1.807, 2.05) is 0 Å². The van der Waals surface area contributed by atoms with Gasteiger partial charge in [0.05, 0.1) is 6.54 Å². The van der Waals surface area contributed by atoms with Crippen LogP contribution in [0.15, 0.2) is 12.4 Å². The summed E-state index contributed by atoms with van der Waals surface area (Å²) in [5, 5.41) is 0. The molecule has 0 saturated carbocycles. The summed E-state index contributed by atoms with van der Waals surface area (Å²) in [6.45, 7) is 8.09. The second-order valence-corrected chi connectivity index (χ2v) is 7.92. The zero-order valence-electron chi connectivity index (χ0n) is 16.8. The van der Waals surface area contributed by atoms with Crippen LogP contribution in [0.3, 0.4) is 0 Å². The van der Waals surface area contributed by atoms with E-state index in [0.717, 1.165) is 5.92 Å². The minimum Gasteiger partial charge on any atom is -0.248 e. The SMILES string of the molecule is CCCCCCCCCCCCCC[n+]1cc[nH]c1CCC(C)C. The fourth-order valence-corrected chi connectivity index (χ4v) is 3.37. The van der Waals surface area contributed by atoms with E-state index < -0.39 is 0 Å². The van der Waals surface area contributed by atoms with E-state index >= 15 is 0 Å². The Kier molecular flexibility index (Phi) is 12.9. The maximum absolute atomic E-state index is 3.42. The van der Waals surface area contributed by atoms with E-state index in [4.69, 9.17) is 0 Å². The Labute approximate surface area is 151 Å². The lowest BCUT2D eigenvalue weighted by molar-refractivity contribution is -0.703. The average Bonchev–Trinajstić information content (AvgIpc) is 3.01. The maximum Gasteiger partial charge on any atom is 0.254 e. The number of H-pyrrole nitrogens is 1. The molecule has 0 bridgehead atoms. The Morgan fingerprint density at radius 1 is 0.833 bits per heavy atom. The van der Waals surface area contributed by atoms with Gasteiger partial charge in [-0.05, 0) is 25.2 Å². The Hall–Kier alpha value is -0.790. The second kappa shape index (κ2) is 14.5. The van der Waals surface area contributed by atoms with Crippen LogP contribution in [0.2, 0.25) is 0 Å². The van der Waals surface area contributed by atoms with E-state index in [0.29, 0.717) is 0 Å². The Balaban J connectivity index is 1.93. The fraction of sp³-hybridized carbons (Fsp3) is 0.864. The molecule has 0 aliphatic heterocycles. The highest BCUT2D eigenvalue weighted by Gasteiger charge is 2.10. The van der Waals surface area contributed by atoms with Gasteiger partial charge in [-0.1, -0.05) is 85.0 Å². The van der Waals surface area contributed by atoms with Gasteiger partial charge in [0.1, 0.15) is 12.4 Å². The molecule has 2 heteroatoms. The van der Waals surface area contributed by atoms with Crippen molar-refractivity contribution in [2.75, 3.05) is 0 Å². The van der Waals surface area contributed by atoms with Crippen LogP contribution in [0, 0.1) is 5.92 Å². The predicted molar refractivity (Wildman–Crippen MR) is 105 cm³/mol. The van der Waals surface area contributed by atoms with E-state index in [2.05, 4.69) is 42.7 Å². The van der Waals surface area contributed by atoms with E-state index in [1.54, 1.807) is 0 Å². The number of rotatable bonds is 16. The number of aromatic nitrogens is 2. The van der Waals surface area contributed by atoms with Crippen LogP contribution in [0.4, 0.5) is 0 Å². The van der Waals surface area contributed by atoms with Crippen molar-refractivity contribution in [3.05, 3.63) is 18.2 Å². The fourth-order valence-electron chi connectivity index (χ4n) is 3.37. The maximum atomic E-state index is 3.42. The van der Waals surface area contributed by atoms with Gasteiger partial charge in [0.25, 0.3) is 5.82 Å². The number of hydrogen-bond acceptors (Lipinski definition) is 0. The van der Waals surface area contributed by atoms with Crippen LogP contribution in [0.1, 0.15) is 110 Å². The molecule has 0 unspecified atom stereocenters. The Bertz CT molecular complexity index is 381. The van der Waals surface area contributed by atoms with Crippen molar-refractivity contribution in [3.8, 4) is 0 Å². The average molecular weight is 336 g/mol. The number of imidazole rings is 1. The highest BCUT2D eigenvalue weighted by molar-refractivity contribution is 4.77. The molecule has 2 nitrogen and oxygen atoms in total. The van der Waals surface area contributed by atoms with Crippen LogP contribution in [-0.2, 0) is 13.0 Å². The number of hydrogen-bond donors (Lipinski definition) is 1. The summed E-state index contributed by atoms with van der Waals surface area (Å²) in [5.41, 5.74) is 0. The minimum absolute atomic E-state index is 0.786. The van der Waals surface area contributed by atoms with Crippen molar-refractivity contribution >= 4 is 0 Å². The molecule has 0 atom stereocenters. The zero-order valence-corrected chi connectivity index (χ0v) is 16.8. The number of nitrogens with zero attached hydrogens (tertiary/aromatic N) is 1. The number of aromatic amines is 1. The molecule has 1 heterocycles. The van der Waals surface area contributed by atoms with Crippen molar-refractivity contribution < 1.29 is 4.57 Å². The molecule has 0 spiro atoms. The summed E-state index contributed by atoms with van der Waals surface area (Å²) in [6.07, 6.45) is 23.9. The molecule has 0 saturated heterocycles. The van der Waals surface area contributed by atoms with Crippen molar-refractivity contribution in [1.29, 1.82) is 0 Å². The lowest BCUT2D eigenvalue weighted by Crippen LogP contribution is -2.36. The Morgan fingerprint density at radius 3 is 1.92 bits per heavy atom. The molecule has 0 radical (unpaired) electrons. The van der Waals surface area contributed by atoms with Crippen molar-refractivity contribution in [2.24, 2.45) is 5.92 Å². The highest BCUT2D eigenvalue weighted by atomic mass is 15.1. The molecule has 0 aliphatic carbocycles. The van der Waals surface area contributed by atoms with Gasteiger partial charge in [-0.15, -0.1) is 0 Å². The third-order valence-corrected chi connectivity index (χ3v) is 5.06. The first-order valence-electron chi connectivity index (χ1n) is 10.8. The molecular formula is C22H43N2+. The molecule has 0 amide bonds. The standard InChI is InChI=1S/C22H42N2/c1-4-5-6-7-8-9-10-11-12-13-14-15-19-24-20-18-23-22(24)17-16-21(2)3/h18,20-21H,4-17,19H2,1-3H3/p+1. The number of nitrogens with one attached hydrogen (secondary N) is 1. The summed E-state index contributed by atoms with van der Waals surface area (Å²) in [6, 6.07) is 0. The highest BCUT2D eigenvalue weighted by Crippen LogP contribution is 2.12. The van der Waals surface area contributed by atoms with E-state index in [-0.39, 0.29) is 0 Å². The number of unbranched alkanes of at least 4 members (excludes halogenated alkanes) is 11. The first-order chi connectivity index (χ1) is 11.7. The first kappa shape index (κ1) is 21.3. The molecule has 24 heavy (non-hydrogen) atoms. The van der Waals surface area contributed by atoms with Crippen LogP contribution >= 0.6 is 0 Å². The van der Waals surface area contributed by atoms with E-state index in [1.165, 1.54) is 102 Å². The monoisotopic (exact) mass is 335 g/mol. The second-order valence-electron chi connectivity index (χ2n) is 7.92. The number of aryl methyl sites for hydroxylation is 2. The van der Waals surface area contributed by atoms with E-state index in [9.17, 15) is 0 Å². The molecule has 140 valence electrons. The molecular weight excluding hydrogens is 292 g/mol. The summed E-state index contributed by atoms with van der Waals surface area (Å²) >= 11 is 0. The molecule has 1 aromatic heterocycles. The van der Waals surface area contributed by atoms with Crippen molar-refractivity contribution in [2.45, 2.75) is 117 Å². The van der Waals surface area contributed by atoms with Crippen LogP contribution < -0.4 is 4.57 Å². The lowest BCUT2D eigenvalue weighted by Gasteiger charge is -2.04. The first-order valence-corrected chi connectivity index (χ1v) is 10.8. The summed E-state index contributed by atoms with van der Waals surface area (Å²) in [7, 11) is 0. The van der Waals surface area contributed by atoms with Gasteiger partial charge >= 0.3 is 0 Å². The van der Waals surface area contributed by atoms with Gasteiger partial charge in [-0.25, -0.2) is 9.55 Å². The molecule has 1 aromatic rings. The van der Waals surface area contributed by atoms with Crippen LogP contribution in [0.25, 0.3) is 0 Å². The van der Waals surface area contributed by atoms with Gasteiger partial charge in [-0.3, -0.25) is 0 Å². The predicted octanol–water partition coefficient (Wildman–Crippen LogP) is 6.59. The van der Waals surface area contributed by atoms with Crippen LogP contribution in [-0.4, -0.2) is 4.98 Å². The summed E-state index contributed by atoms with van der Waals surface area (Å²) in [5.74, 6) is 2.19. The minimum atomic E-state index is 0.786. The van der Waals surface area contributed by atoms with Crippen molar-refractivity contribution in [3.63, 3.8) is 0 Å². The quantitative estimate of drug-likeness (QED) is 0.260. The third-order valence-electron chi connectivity index (χ3n) is 5.06. The third kappa shape index (κ3) is 10.9. The Morgan fingerprint density at radius 2 is 1.38 bits per heavy atom. The lowest BCUT2D eigenvalue weighted by atomic mass is 10.1. The largest absolute Gasteiger partial charge is 0.254 e. The van der Waals surface area contributed by atoms with Gasteiger partial charge in [0.2, 0.25) is 0 Å².